The van der Waals surface area contributed by atoms with Crippen LogP contribution in [0.25, 0.3) is 21.5 Å². The van der Waals surface area contributed by atoms with Crippen LogP contribution in [0.2, 0.25) is 0 Å². The molecule has 0 aliphatic heterocycles. The Labute approximate surface area is 207 Å². The first-order chi connectivity index (χ1) is 17.0. The van der Waals surface area contributed by atoms with Crippen molar-refractivity contribution in [3.8, 4) is 10.6 Å². The molecule has 0 saturated carbocycles. The number of ketones is 1. The van der Waals surface area contributed by atoms with Crippen molar-refractivity contribution in [1.29, 1.82) is 0 Å². The van der Waals surface area contributed by atoms with E-state index in [0.717, 1.165) is 16.0 Å². The first kappa shape index (κ1) is 22.7. The highest BCUT2D eigenvalue weighted by Gasteiger charge is 2.28. The lowest BCUT2D eigenvalue weighted by Gasteiger charge is -2.19. The number of nitrogens with zero attached hydrogens (tertiary/aromatic N) is 1. The molecule has 0 aliphatic rings. The second kappa shape index (κ2) is 9.65. The van der Waals surface area contributed by atoms with Crippen LogP contribution in [-0.4, -0.2) is 16.7 Å². The Hall–Kier alpha value is -4.09. The van der Waals surface area contributed by atoms with E-state index in [1.54, 1.807) is 35.6 Å². The van der Waals surface area contributed by atoms with Crippen molar-refractivity contribution in [2.45, 2.75) is 20.0 Å². The number of aryl methyl sites for hydroxylation is 2. The maximum atomic E-state index is 13.6. The van der Waals surface area contributed by atoms with E-state index in [1.165, 1.54) is 0 Å². The molecule has 35 heavy (non-hydrogen) atoms. The van der Waals surface area contributed by atoms with Crippen LogP contribution >= 0.6 is 11.3 Å². The van der Waals surface area contributed by atoms with E-state index < -0.39 is 12.1 Å². The quantitative estimate of drug-likeness (QED) is 0.189. The average molecular weight is 478 g/mol. The molecular weight excluding hydrogens is 454 g/mol. The van der Waals surface area contributed by atoms with Gasteiger partial charge in [0, 0.05) is 16.5 Å². The summed E-state index contributed by atoms with van der Waals surface area (Å²) in [6, 6.07) is 27.8. The molecule has 2 heterocycles. The molecule has 0 saturated heterocycles. The van der Waals surface area contributed by atoms with Gasteiger partial charge in [0.25, 0.3) is 0 Å². The Morgan fingerprint density at radius 3 is 2.34 bits per heavy atom. The fourth-order valence-corrected chi connectivity index (χ4v) is 4.70. The van der Waals surface area contributed by atoms with Crippen LogP contribution in [0.5, 0.6) is 0 Å². The summed E-state index contributed by atoms with van der Waals surface area (Å²) in [6.45, 7) is 3.96. The summed E-state index contributed by atoms with van der Waals surface area (Å²) in [7, 11) is 0. The molecule has 5 heteroatoms. The van der Waals surface area contributed by atoms with Crippen LogP contribution in [0.4, 0.5) is 0 Å². The maximum Gasteiger partial charge on any atom is 0.339 e. The summed E-state index contributed by atoms with van der Waals surface area (Å²) in [5, 5.41) is 2.65. The van der Waals surface area contributed by atoms with Crippen LogP contribution in [0, 0.1) is 13.8 Å². The summed E-state index contributed by atoms with van der Waals surface area (Å²) >= 11 is 1.55. The Bertz CT molecular complexity index is 1520. The maximum absolute atomic E-state index is 13.6. The molecule has 0 bridgehead atoms. The number of pyridine rings is 1. The first-order valence-corrected chi connectivity index (χ1v) is 12.2. The molecule has 0 radical (unpaired) electrons. The van der Waals surface area contributed by atoms with Crippen molar-refractivity contribution in [2.24, 2.45) is 0 Å². The average Bonchev–Trinajstić information content (AvgIpc) is 3.43. The van der Waals surface area contributed by atoms with Gasteiger partial charge in [-0.25, -0.2) is 9.78 Å². The minimum absolute atomic E-state index is 0.260. The van der Waals surface area contributed by atoms with Crippen LogP contribution in [0.1, 0.15) is 43.5 Å². The Morgan fingerprint density at radius 2 is 1.60 bits per heavy atom. The summed E-state index contributed by atoms with van der Waals surface area (Å²) < 4.78 is 5.98. The third kappa shape index (κ3) is 4.63. The molecule has 0 aliphatic carbocycles. The molecule has 4 nitrogen and oxygen atoms in total. The van der Waals surface area contributed by atoms with E-state index in [9.17, 15) is 9.59 Å². The summed E-state index contributed by atoms with van der Waals surface area (Å²) in [5.41, 5.74) is 5.01. The standard InChI is InChI=1S/C30H23NO3S/c1-19-14-15-22(17-20(19)2)28(32)29(21-9-4-3-5-10-21)34-30(33)24-18-26(27-13-8-16-35-27)31-25-12-7-6-11-23(24)25/h3-18,29H,1-2H3/t29-/m0/s1. The van der Waals surface area contributed by atoms with E-state index >= 15 is 0 Å². The smallest absolute Gasteiger partial charge is 0.339 e. The molecule has 1 atom stereocenters. The Kier molecular flexibility index (Phi) is 6.25. The number of aromatic nitrogens is 1. The van der Waals surface area contributed by atoms with Crippen molar-refractivity contribution in [3.05, 3.63) is 124 Å². The normalized spacial score (nSPS) is 11.8. The molecule has 0 N–H and O–H groups in total. The monoisotopic (exact) mass is 477 g/mol. The predicted molar refractivity (Wildman–Crippen MR) is 140 cm³/mol. The van der Waals surface area contributed by atoms with Gasteiger partial charge in [-0.2, -0.15) is 0 Å². The van der Waals surface area contributed by atoms with E-state index in [1.807, 2.05) is 86.0 Å². The zero-order valence-electron chi connectivity index (χ0n) is 19.4. The summed E-state index contributed by atoms with van der Waals surface area (Å²) in [5.74, 6) is -0.822. The fourth-order valence-electron chi connectivity index (χ4n) is 4.01. The van der Waals surface area contributed by atoms with Crippen LogP contribution in [0.15, 0.2) is 96.4 Å². The Balaban J connectivity index is 1.57. The second-order valence-electron chi connectivity index (χ2n) is 8.41. The SMILES string of the molecule is Cc1ccc(C(=O)[C@@H](OC(=O)c2cc(-c3cccs3)nc3ccccc23)c2ccccc2)cc1C. The second-order valence-corrected chi connectivity index (χ2v) is 9.36. The molecule has 172 valence electrons. The third-order valence-corrected chi connectivity index (χ3v) is 6.96. The van der Waals surface area contributed by atoms with Gasteiger partial charge in [0.05, 0.1) is 21.7 Å². The van der Waals surface area contributed by atoms with Crippen molar-refractivity contribution in [3.63, 3.8) is 0 Å². The lowest BCUT2D eigenvalue weighted by Crippen LogP contribution is -2.21. The number of carbonyl (C=O) groups excluding carboxylic acids is 2. The zero-order chi connectivity index (χ0) is 24.4. The number of hydrogen-bond acceptors (Lipinski definition) is 5. The highest BCUT2D eigenvalue weighted by molar-refractivity contribution is 7.13. The van der Waals surface area contributed by atoms with Gasteiger partial charge in [-0.05, 0) is 54.6 Å². The van der Waals surface area contributed by atoms with E-state index in [4.69, 9.17) is 9.72 Å². The van der Waals surface area contributed by atoms with E-state index in [0.29, 0.717) is 33.3 Å². The van der Waals surface area contributed by atoms with Gasteiger partial charge in [0.15, 0.2) is 6.10 Å². The molecule has 0 spiro atoms. The van der Waals surface area contributed by atoms with Gasteiger partial charge < -0.3 is 4.74 Å². The van der Waals surface area contributed by atoms with Gasteiger partial charge >= 0.3 is 5.97 Å². The van der Waals surface area contributed by atoms with Crippen molar-refractivity contribution in [1.82, 2.24) is 4.98 Å². The van der Waals surface area contributed by atoms with Gasteiger partial charge in [0.1, 0.15) is 0 Å². The lowest BCUT2D eigenvalue weighted by atomic mass is 9.97. The number of rotatable bonds is 6. The number of esters is 1. The molecule has 5 rings (SSSR count). The molecule has 0 amide bonds. The van der Waals surface area contributed by atoms with E-state index in [-0.39, 0.29) is 5.78 Å². The summed E-state index contributed by atoms with van der Waals surface area (Å²) in [4.78, 5) is 32.9. The third-order valence-electron chi connectivity index (χ3n) is 6.07. The first-order valence-electron chi connectivity index (χ1n) is 11.3. The number of ether oxygens (including phenoxy) is 1. The van der Waals surface area contributed by atoms with E-state index in [2.05, 4.69) is 0 Å². The van der Waals surface area contributed by atoms with Gasteiger partial charge in [-0.1, -0.05) is 66.7 Å². The van der Waals surface area contributed by atoms with Crippen molar-refractivity contribution < 1.29 is 14.3 Å². The Morgan fingerprint density at radius 1 is 0.829 bits per heavy atom. The van der Waals surface area contributed by atoms with Crippen LogP contribution in [-0.2, 0) is 4.74 Å². The number of Topliss-reactive ketones (excluding diaryl/α,β-unsaturated/α-hetero) is 1. The largest absolute Gasteiger partial charge is 0.445 e. The van der Waals surface area contributed by atoms with Crippen LogP contribution in [0.3, 0.4) is 0 Å². The highest BCUT2D eigenvalue weighted by Crippen LogP contribution is 2.30. The minimum Gasteiger partial charge on any atom is -0.445 e. The molecule has 2 aromatic heterocycles. The number of benzene rings is 3. The topological polar surface area (TPSA) is 56.3 Å². The van der Waals surface area contributed by atoms with Crippen molar-refractivity contribution >= 4 is 34.0 Å². The van der Waals surface area contributed by atoms with Crippen LogP contribution < -0.4 is 0 Å². The summed E-state index contributed by atoms with van der Waals surface area (Å²) in [6.07, 6.45) is -1.07. The van der Waals surface area contributed by atoms with Gasteiger partial charge in [-0.15, -0.1) is 11.3 Å². The van der Waals surface area contributed by atoms with Gasteiger partial charge in [0.2, 0.25) is 5.78 Å². The number of carbonyl (C=O) groups is 2. The fraction of sp³-hybridized carbons (Fsp3) is 0.100. The molecule has 5 aromatic rings. The molecule has 0 fully saturated rings. The zero-order valence-corrected chi connectivity index (χ0v) is 20.2. The highest BCUT2D eigenvalue weighted by atomic mass is 32.1. The lowest BCUT2D eigenvalue weighted by molar-refractivity contribution is 0.0282. The van der Waals surface area contributed by atoms with Crippen molar-refractivity contribution in [2.75, 3.05) is 0 Å². The predicted octanol–water partition coefficient (Wildman–Crippen LogP) is 7.36. The number of para-hydroxylation sites is 1. The minimum atomic E-state index is -1.07. The molecule has 3 aromatic carbocycles. The molecule has 0 unspecified atom stereocenters. The van der Waals surface area contributed by atoms with Gasteiger partial charge in [-0.3, -0.25) is 4.79 Å². The molecular formula is C30H23NO3S. The number of fused-ring (bicyclic) bond motifs is 1. The number of hydrogen-bond donors (Lipinski definition) is 0. The number of thiophene rings is 1.